The molecular formula is C48H35N. The second-order valence-corrected chi connectivity index (χ2v) is 13.1. The maximum atomic E-state index is 2.45. The summed E-state index contributed by atoms with van der Waals surface area (Å²) >= 11 is 0. The third-order valence-electron chi connectivity index (χ3n) is 10.3. The summed E-state index contributed by atoms with van der Waals surface area (Å²) in [6.45, 7) is 2.39. The molecule has 0 aliphatic heterocycles. The molecule has 8 aromatic carbocycles. The van der Waals surface area contributed by atoms with Crippen molar-refractivity contribution in [3.63, 3.8) is 0 Å². The van der Waals surface area contributed by atoms with Gasteiger partial charge in [0.15, 0.2) is 0 Å². The molecular weight excluding hydrogens is 591 g/mol. The average molecular weight is 626 g/mol. The van der Waals surface area contributed by atoms with Crippen molar-refractivity contribution in [1.82, 2.24) is 0 Å². The highest BCUT2D eigenvalue weighted by Crippen LogP contribution is 2.56. The molecule has 0 radical (unpaired) electrons. The molecule has 0 fully saturated rings. The molecule has 1 unspecified atom stereocenters. The maximum absolute atomic E-state index is 2.45. The van der Waals surface area contributed by atoms with Crippen LogP contribution in [0, 0.1) is 0 Å². The van der Waals surface area contributed by atoms with Gasteiger partial charge in [-0.1, -0.05) is 158 Å². The molecule has 0 N–H and O–H groups in total. The van der Waals surface area contributed by atoms with Gasteiger partial charge in [-0.15, -0.1) is 0 Å². The first-order valence-corrected chi connectivity index (χ1v) is 17.0. The molecule has 9 rings (SSSR count). The predicted octanol–water partition coefficient (Wildman–Crippen LogP) is 13.0. The van der Waals surface area contributed by atoms with E-state index >= 15 is 0 Å². The van der Waals surface area contributed by atoms with Crippen molar-refractivity contribution in [2.45, 2.75) is 12.3 Å². The summed E-state index contributed by atoms with van der Waals surface area (Å²) in [4.78, 5) is 2.45. The SMILES string of the molecule is CC1(c2ccccc2)c2ccccc2-c2c(N(c3ccc(-c4ccccc4)cc3)c3ccc4cc(-c5ccccc5)ccc4c3)cccc21. The molecule has 1 aliphatic carbocycles. The molecule has 0 saturated carbocycles. The molecule has 0 heterocycles. The summed E-state index contributed by atoms with van der Waals surface area (Å²) < 4.78 is 0. The zero-order valence-corrected chi connectivity index (χ0v) is 27.4. The molecule has 49 heavy (non-hydrogen) atoms. The van der Waals surface area contributed by atoms with Crippen molar-refractivity contribution < 1.29 is 0 Å². The summed E-state index contributed by atoms with van der Waals surface area (Å²) in [6.07, 6.45) is 0. The van der Waals surface area contributed by atoms with Gasteiger partial charge in [0.1, 0.15) is 0 Å². The number of nitrogens with zero attached hydrogens (tertiary/aromatic N) is 1. The number of hydrogen-bond donors (Lipinski definition) is 0. The minimum atomic E-state index is -0.275. The van der Waals surface area contributed by atoms with Crippen LogP contribution in [-0.4, -0.2) is 0 Å². The van der Waals surface area contributed by atoms with Crippen LogP contribution in [0.15, 0.2) is 194 Å². The maximum Gasteiger partial charge on any atom is 0.0543 e. The van der Waals surface area contributed by atoms with Crippen LogP contribution in [-0.2, 0) is 5.41 Å². The standard InChI is InChI=1S/C48H35N/c1-48(40-18-9-4-10-19-40)44-21-12-11-20-43(44)47-45(48)22-13-23-46(47)49(41-29-26-36(27-30-41)34-14-5-2-6-15-34)42-31-28-38-32-37(24-25-39(38)33-42)35-16-7-3-8-17-35/h2-33H,1H3. The first-order chi connectivity index (χ1) is 24.2. The molecule has 8 aromatic rings. The van der Waals surface area contributed by atoms with E-state index in [1.165, 1.54) is 66.5 Å². The summed E-state index contributed by atoms with van der Waals surface area (Å²) in [5.41, 5.74) is 14.6. The molecule has 0 spiro atoms. The number of fused-ring (bicyclic) bond motifs is 4. The molecule has 1 aliphatic rings. The summed E-state index contributed by atoms with van der Waals surface area (Å²) in [5, 5.41) is 2.44. The van der Waals surface area contributed by atoms with Crippen LogP contribution in [0.5, 0.6) is 0 Å². The van der Waals surface area contributed by atoms with Crippen molar-refractivity contribution in [3.8, 4) is 33.4 Å². The topological polar surface area (TPSA) is 3.24 Å². The minimum absolute atomic E-state index is 0.275. The van der Waals surface area contributed by atoms with Gasteiger partial charge in [0.05, 0.1) is 5.69 Å². The Bertz CT molecular complexity index is 2430. The highest BCUT2D eigenvalue weighted by Gasteiger charge is 2.42. The molecule has 1 atom stereocenters. The first-order valence-electron chi connectivity index (χ1n) is 17.0. The zero-order chi connectivity index (χ0) is 32.8. The molecule has 1 heteroatoms. The lowest BCUT2D eigenvalue weighted by molar-refractivity contribution is 0.714. The normalized spacial score (nSPS) is 14.7. The van der Waals surface area contributed by atoms with Gasteiger partial charge in [0.2, 0.25) is 0 Å². The summed E-state index contributed by atoms with van der Waals surface area (Å²) in [6, 6.07) is 70.7. The lowest BCUT2D eigenvalue weighted by Gasteiger charge is -2.30. The fourth-order valence-corrected chi connectivity index (χ4v) is 7.83. The van der Waals surface area contributed by atoms with Gasteiger partial charge in [-0.25, -0.2) is 0 Å². The van der Waals surface area contributed by atoms with Crippen LogP contribution in [0.2, 0.25) is 0 Å². The lowest BCUT2D eigenvalue weighted by Crippen LogP contribution is -2.22. The Balaban J connectivity index is 1.25. The van der Waals surface area contributed by atoms with Gasteiger partial charge in [-0.05, 0) is 98.6 Å². The van der Waals surface area contributed by atoms with Crippen LogP contribution in [0.1, 0.15) is 23.6 Å². The average Bonchev–Trinajstić information content (AvgIpc) is 3.45. The molecule has 0 amide bonds. The number of rotatable bonds is 6. The van der Waals surface area contributed by atoms with Crippen molar-refractivity contribution >= 4 is 27.8 Å². The number of hydrogen-bond acceptors (Lipinski definition) is 1. The van der Waals surface area contributed by atoms with Crippen molar-refractivity contribution in [2.24, 2.45) is 0 Å². The Morgan fingerprint density at radius 1 is 0.388 bits per heavy atom. The van der Waals surface area contributed by atoms with E-state index in [4.69, 9.17) is 0 Å². The zero-order valence-electron chi connectivity index (χ0n) is 27.4. The number of anilines is 3. The fourth-order valence-electron chi connectivity index (χ4n) is 7.83. The Kier molecular flexibility index (Phi) is 6.99. The number of benzene rings is 8. The van der Waals surface area contributed by atoms with Gasteiger partial charge in [-0.3, -0.25) is 0 Å². The van der Waals surface area contributed by atoms with Crippen LogP contribution in [0.3, 0.4) is 0 Å². The molecule has 0 saturated heterocycles. The summed E-state index contributed by atoms with van der Waals surface area (Å²) in [5.74, 6) is 0. The van der Waals surface area contributed by atoms with Crippen LogP contribution >= 0.6 is 0 Å². The van der Waals surface area contributed by atoms with E-state index in [0.29, 0.717) is 0 Å². The first kappa shape index (κ1) is 29.0. The van der Waals surface area contributed by atoms with Gasteiger partial charge in [-0.2, -0.15) is 0 Å². The quantitative estimate of drug-likeness (QED) is 0.178. The van der Waals surface area contributed by atoms with E-state index in [9.17, 15) is 0 Å². The monoisotopic (exact) mass is 625 g/mol. The van der Waals surface area contributed by atoms with E-state index < -0.39 is 0 Å². The third kappa shape index (κ3) is 4.86. The molecule has 0 aromatic heterocycles. The molecule has 0 bridgehead atoms. The largest absolute Gasteiger partial charge is 0.310 e. The van der Waals surface area contributed by atoms with Crippen molar-refractivity contribution in [2.75, 3.05) is 4.90 Å². The van der Waals surface area contributed by atoms with Gasteiger partial charge < -0.3 is 4.90 Å². The van der Waals surface area contributed by atoms with E-state index in [1.807, 2.05) is 0 Å². The second-order valence-electron chi connectivity index (χ2n) is 13.1. The Morgan fingerprint density at radius 2 is 0.918 bits per heavy atom. The van der Waals surface area contributed by atoms with Crippen LogP contribution < -0.4 is 4.90 Å². The van der Waals surface area contributed by atoms with E-state index in [2.05, 4.69) is 206 Å². The lowest BCUT2D eigenvalue weighted by atomic mass is 9.74. The van der Waals surface area contributed by atoms with Crippen LogP contribution in [0.25, 0.3) is 44.2 Å². The summed E-state index contributed by atoms with van der Waals surface area (Å²) in [7, 11) is 0. The highest BCUT2D eigenvalue weighted by molar-refractivity contribution is 5.98. The third-order valence-corrected chi connectivity index (χ3v) is 10.3. The van der Waals surface area contributed by atoms with Gasteiger partial charge in [0.25, 0.3) is 0 Å². The fraction of sp³-hybridized carbons (Fsp3) is 0.0417. The second kappa shape index (κ2) is 11.8. The highest BCUT2D eigenvalue weighted by atomic mass is 15.1. The smallest absolute Gasteiger partial charge is 0.0543 e. The van der Waals surface area contributed by atoms with Crippen molar-refractivity contribution in [3.05, 3.63) is 211 Å². The minimum Gasteiger partial charge on any atom is -0.310 e. The van der Waals surface area contributed by atoms with E-state index in [-0.39, 0.29) is 5.41 Å². The Labute approximate surface area is 288 Å². The Morgan fingerprint density at radius 3 is 1.65 bits per heavy atom. The van der Waals surface area contributed by atoms with E-state index in [0.717, 1.165) is 11.4 Å². The Hall–Kier alpha value is -6.18. The van der Waals surface area contributed by atoms with Gasteiger partial charge in [0, 0.05) is 22.4 Å². The van der Waals surface area contributed by atoms with Gasteiger partial charge >= 0.3 is 0 Å². The van der Waals surface area contributed by atoms with Crippen molar-refractivity contribution in [1.29, 1.82) is 0 Å². The van der Waals surface area contributed by atoms with Crippen LogP contribution in [0.4, 0.5) is 17.1 Å². The predicted molar refractivity (Wildman–Crippen MR) is 207 cm³/mol. The molecule has 1 nitrogen and oxygen atoms in total. The molecule has 232 valence electrons. The van der Waals surface area contributed by atoms with E-state index in [1.54, 1.807) is 0 Å².